The molecule has 1 N–H and O–H groups in total. The molecule has 0 unspecified atom stereocenters. The third-order valence-corrected chi connectivity index (χ3v) is 2.94. The van der Waals surface area contributed by atoms with Crippen molar-refractivity contribution in [2.24, 2.45) is 5.92 Å². The lowest BCUT2D eigenvalue weighted by molar-refractivity contribution is -0.168. The van der Waals surface area contributed by atoms with Crippen LogP contribution in [0.4, 0.5) is 0 Å². The van der Waals surface area contributed by atoms with Crippen LogP contribution in [0, 0.1) is 5.92 Å². The zero-order valence-electron chi connectivity index (χ0n) is 11.7. The molecular weight excluding hydrogens is 258 g/mol. The molecule has 0 radical (unpaired) electrons. The van der Waals surface area contributed by atoms with Crippen molar-refractivity contribution in [2.45, 2.75) is 32.6 Å². The van der Waals surface area contributed by atoms with E-state index in [0.29, 0.717) is 13.2 Å². The average molecular weight is 277 g/mol. The summed E-state index contributed by atoms with van der Waals surface area (Å²) < 4.78 is 10.6. The van der Waals surface area contributed by atoms with Gasteiger partial charge in [0.1, 0.15) is 0 Å². The predicted molar refractivity (Wildman–Crippen MR) is 72.7 cm³/mol. The van der Waals surface area contributed by atoms with Crippen LogP contribution < -0.4 is 5.32 Å². The number of nitrogens with one attached hydrogen (secondary N) is 1. The van der Waals surface area contributed by atoms with Gasteiger partial charge in [0.05, 0.1) is 13.2 Å². The first kappa shape index (κ1) is 14.5. The predicted octanol–water partition coefficient (Wildman–Crippen LogP) is 1.27. The van der Waals surface area contributed by atoms with E-state index in [4.69, 9.17) is 9.47 Å². The zero-order valence-corrected chi connectivity index (χ0v) is 11.7. The zero-order chi connectivity index (χ0) is 14.5. The summed E-state index contributed by atoms with van der Waals surface area (Å²) in [5, 5.41) is 2.51. The SMILES string of the molecule is CC(C)COC(=O)[C@@H]1NC(=O)[C@@H]1OCc1ccccc1. The Morgan fingerprint density at radius 1 is 1.30 bits per heavy atom. The van der Waals surface area contributed by atoms with Crippen molar-refractivity contribution in [3.8, 4) is 0 Å². The summed E-state index contributed by atoms with van der Waals surface area (Å²) in [7, 11) is 0. The minimum absolute atomic E-state index is 0.262. The quantitative estimate of drug-likeness (QED) is 0.628. The van der Waals surface area contributed by atoms with Gasteiger partial charge in [0.15, 0.2) is 12.1 Å². The van der Waals surface area contributed by atoms with Gasteiger partial charge in [0.2, 0.25) is 0 Å². The Morgan fingerprint density at radius 3 is 2.60 bits per heavy atom. The monoisotopic (exact) mass is 277 g/mol. The molecule has 1 saturated heterocycles. The van der Waals surface area contributed by atoms with Gasteiger partial charge < -0.3 is 14.8 Å². The van der Waals surface area contributed by atoms with Crippen LogP contribution >= 0.6 is 0 Å². The van der Waals surface area contributed by atoms with Gasteiger partial charge in [0.25, 0.3) is 5.91 Å². The fourth-order valence-electron chi connectivity index (χ4n) is 1.82. The molecule has 1 fully saturated rings. The van der Waals surface area contributed by atoms with Crippen LogP contribution in [-0.4, -0.2) is 30.6 Å². The van der Waals surface area contributed by atoms with Gasteiger partial charge in [-0.25, -0.2) is 4.79 Å². The molecular formula is C15H19NO4. The van der Waals surface area contributed by atoms with Crippen molar-refractivity contribution in [1.82, 2.24) is 5.32 Å². The molecule has 0 aromatic heterocycles. The van der Waals surface area contributed by atoms with Gasteiger partial charge >= 0.3 is 5.97 Å². The Balaban J connectivity index is 1.83. The van der Waals surface area contributed by atoms with Crippen molar-refractivity contribution in [3.63, 3.8) is 0 Å². The van der Waals surface area contributed by atoms with Crippen LogP contribution in [0.15, 0.2) is 30.3 Å². The average Bonchev–Trinajstić information content (AvgIpc) is 2.43. The van der Waals surface area contributed by atoms with E-state index in [0.717, 1.165) is 5.56 Å². The second kappa shape index (κ2) is 6.52. The van der Waals surface area contributed by atoms with E-state index in [2.05, 4.69) is 5.32 Å². The van der Waals surface area contributed by atoms with Crippen molar-refractivity contribution < 1.29 is 19.1 Å². The topological polar surface area (TPSA) is 64.6 Å². The minimum Gasteiger partial charge on any atom is -0.464 e. The van der Waals surface area contributed by atoms with E-state index in [1.807, 2.05) is 44.2 Å². The summed E-state index contributed by atoms with van der Waals surface area (Å²) in [5.41, 5.74) is 0.960. The molecule has 0 spiro atoms. The van der Waals surface area contributed by atoms with Gasteiger partial charge in [-0.05, 0) is 11.5 Å². The third-order valence-electron chi connectivity index (χ3n) is 2.94. The molecule has 1 aromatic carbocycles. The Hall–Kier alpha value is -1.88. The second-order valence-electron chi connectivity index (χ2n) is 5.23. The molecule has 1 amide bonds. The second-order valence-corrected chi connectivity index (χ2v) is 5.23. The van der Waals surface area contributed by atoms with E-state index in [1.54, 1.807) is 0 Å². The minimum atomic E-state index is -0.755. The Bertz CT molecular complexity index is 472. The number of β-lactam (4-membered cyclic amide) rings is 1. The number of carbonyl (C=O) groups excluding carboxylic acids is 2. The number of esters is 1. The lowest BCUT2D eigenvalue weighted by atomic mass is 10.0. The Morgan fingerprint density at radius 2 is 2.00 bits per heavy atom. The van der Waals surface area contributed by atoms with Gasteiger partial charge in [-0.15, -0.1) is 0 Å². The van der Waals surface area contributed by atoms with E-state index in [1.165, 1.54) is 0 Å². The highest BCUT2D eigenvalue weighted by molar-refractivity contribution is 5.99. The number of hydrogen-bond donors (Lipinski definition) is 1. The molecule has 0 aliphatic carbocycles. The lowest BCUT2D eigenvalue weighted by Crippen LogP contribution is -2.67. The summed E-state index contributed by atoms with van der Waals surface area (Å²) in [5.74, 6) is -0.442. The molecule has 1 heterocycles. The maximum Gasteiger partial charge on any atom is 0.331 e. The first-order valence-electron chi connectivity index (χ1n) is 6.70. The standard InChI is InChI=1S/C15H19NO4/c1-10(2)8-20-15(18)12-13(14(17)16-12)19-9-11-6-4-3-5-7-11/h3-7,10,12-13H,8-9H2,1-2H3,(H,16,17)/t12-,13-/m1/s1. The van der Waals surface area contributed by atoms with Gasteiger partial charge in [-0.1, -0.05) is 44.2 Å². The highest BCUT2D eigenvalue weighted by Crippen LogP contribution is 2.15. The highest BCUT2D eigenvalue weighted by Gasteiger charge is 2.46. The summed E-state index contributed by atoms with van der Waals surface area (Å²) in [6.45, 7) is 4.55. The van der Waals surface area contributed by atoms with Crippen LogP contribution in [0.25, 0.3) is 0 Å². The molecule has 5 heteroatoms. The third kappa shape index (κ3) is 3.57. The van der Waals surface area contributed by atoms with Crippen LogP contribution in [-0.2, 0) is 25.7 Å². The lowest BCUT2D eigenvalue weighted by Gasteiger charge is -2.34. The van der Waals surface area contributed by atoms with Crippen LogP contribution in [0.1, 0.15) is 19.4 Å². The maximum atomic E-state index is 11.8. The number of benzene rings is 1. The number of carbonyl (C=O) groups is 2. The molecule has 2 rings (SSSR count). The van der Waals surface area contributed by atoms with Crippen molar-refractivity contribution in [3.05, 3.63) is 35.9 Å². The number of ether oxygens (including phenoxy) is 2. The van der Waals surface area contributed by atoms with Gasteiger partial charge in [0, 0.05) is 0 Å². The molecule has 20 heavy (non-hydrogen) atoms. The molecule has 2 atom stereocenters. The number of rotatable bonds is 6. The van der Waals surface area contributed by atoms with E-state index in [9.17, 15) is 9.59 Å². The largest absolute Gasteiger partial charge is 0.464 e. The molecule has 0 bridgehead atoms. The number of hydrogen-bond acceptors (Lipinski definition) is 4. The van der Waals surface area contributed by atoms with Gasteiger partial charge in [-0.3, -0.25) is 4.79 Å². The maximum absolute atomic E-state index is 11.8. The first-order valence-corrected chi connectivity index (χ1v) is 6.70. The summed E-state index contributed by atoms with van der Waals surface area (Å²) in [4.78, 5) is 23.2. The fraction of sp³-hybridized carbons (Fsp3) is 0.467. The van der Waals surface area contributed by atoms with E-state index < -0.39 is 18.1 Å². The summed E-state index contributed by atoms with van der Waals surface area (Å²) in [6, 6.07) is 8.82. The number of amides is 1. The molecule has 1 aliphatic heterocycles. The molecule has 1 aromatic rings. The molecule has 5 nitrogen and oxygen atoms in total. The smallest absolute Gasteiger partial charge is 0.331 e. The normalized spacial score (nSPS) is 21.2. The van der Waals surface area contributed by atoms with Crippen LogP contribution in [0.3, 0.4) is 0 Å². The van der Waals surface area contributed by atoms with Crippen molar-refractivity contribution >= 4 is 11.9 Å². The van der Waals surface area contributed by atoms with E-state index >= 15 is 0 Å². The van der Waals surface area contributed by atoms with E-state index in [-0.39, 0.29) is 11.8 Å². The summed E-state index contributed by atoms with van der Waals surface area (Å²) in [6.07, 6.45) is -0.755. The Labute approximate surface area is 118 Å². The Kier molecular flexibility index (Phi) is 4.74. The van der Waals surface area contributed by atoms with Crippen LogP contribution in [0.5, 0.6) is 0 Å². The van der Waals surface area contributed by atoms with Crippen LogP contribution in [0.2, 0.25) is 0 Å². The molecule has 108 valence electrons. The van der Waals surface area contributed by atoms with Crippen molar-refractivity contribution in [1.29, 1.82) is 0 Å². The fourth-order valence-corrected chi connectivity index (χ4v) is 1.82. The van der Waals surface area contributed by atoms with Crippen molar-refractivity contribution in [2.75, 3.05) is 6.61 Å². The summed E-state index contributed by atoms with van der Waals surface area (Å²) >= 11 is 0. The first-order chi connectivity index (χ1) is 9.58. The van der Waals surface area contributed by atoms with Gasteiger partial charge in [-0.2, -0.15) is 0 Å². The highest BCUT2D eigenvalue weighted by atomic mass is 16.5. The molecule has 0 saturated carbocycles. The molecule has 1 aliphatic rings.